The second kappa shape index (κ2) is 6.26. The van der Waals surface area contributed by atoms with Crippen molar-refractivity contribution in [2.75, 3.05) is 6.54 Å². The highest BCUT2D eigenvalue weighted by molar-refractivity contribution is 5.92. The predicted octanol–water partition coefficient (Wildman–Crippen LogP) is 1.88. The monoisotopic (exact) mass is 295 g/mol. The van der Waals surface area contributed by atoms with Crippen LogP contribution in [0.15, 0.2) is 48.8 Å². The summed E-state index contributed by atoms with van der Waals surface area (Å²) < 4.78 is 1.81. The van der Waals surface area contributed by atoms with E-state index < -0.39 is 0 Å². The van der Waals surface area contributed by atoms with Gasteiger partial charge in [0, 0.05) is 24.6 Å². The normalized spacial score (nSPS) is 10.6. The fourth-order valence-electron chi connectivity index (χ4n) is 2.18. The molecule has 1 amide bonds. The van der Waals surface area contributed by atoms with Gasteiger partial charge in [0.15, 0.2) is 0 Å². The zero-order valence-corrected chi connectivity index (χ0v) is 12.3. The molecular formula is C16H17N5O. The Hall–Kier alpha value is -2.89. The van der Waals surface area contributed by atoms with Crippen LogP contribution in [0.4, 0.5) is 0 Å². The van der Waals surface area contributed by atoms with Gasteiger partial charge in [-0.15, -0.1) is 0 Å². The Morgan fingerprint density at radius 3 is 2.77 bits per heavy atom. The Labute approximate surface area is 128 Å². The number of rotatable bonds is 5. The predicted molar refractivity (Wildman–Crippen MR) is 82.9 cm³/mol. The van der Waals surface area contributed by atoms with Crippen molar-refractivity contribution in [3.8, 4) is 5.69 Å². The van der Waals surface area contributed by atoms with Crippen LogP contribution < -0.4 is 5.32 Å². The van der Waals surface area contributed by atoms with E-state index in [-0.39, 0.29) is 5.91 Å². The summed E-state index contributed by atoms with van der Waals surface area (Å²) >= 11 is 0. The summed E-state index contributed by atoms with van der Waals surface area (Å²) in [4.78, 5) is 11.9. The van der Waals surface area contributed by atoms with Crippen LogP contribution in [0.25, 0.3) is 5.69 Å². The van der Waals surface area contributed by atoms with Gasteiger partial charge in [0.25, 0.3) is 5.91 Å². The standard InChI is InChI=1S/C16H17N5O/c1-12-11-15(20-19-12)16(22)17-9-7-13-3-5-14(6-4-13)21-10-2-8-18-21/h2-6,8,10-11H,7,9H2,1H3,(H,17,22)(H,19,20). The maximum absolute atomic E-state index is 11.9. The number of hydrogen-bond acceptors (Lipinski definition) is 3. The van der Waals surface area contributed by atoms with Crippen molar-refractivity contribution >= 4 is 5.91 Å². The molecule has 0 atom stereocenters. The Balaban J connectivity index is 1.52. The first-order valence-corrected chi connectivity index (χ1v) is 7.11. The van der Waals surface area contributed by atoms with Crippen molar-refractivity contribution in [3.05, 3.63) is 65.7 Å². The molecule has 0 fully saturated rings. The van der Waals surface area contributed by atoms with E-state index in [4.69, 9.17) is 0 Å². The van der Waals surface area contributed by atoms with Gasteiger partial charge in [-0.05, 0) is 43.2 Å². The Kier molecular flexibility index (Phi) is 4.00. The smallest absolute Gasteiger partial charge is 0.271 e. The highest BCUT2D eigenvalue weighted by Gasteiger charge is 2.08. The second-order valence-corrected chi connectivity index (χ2v) is 5.06. The number of nitrogens with one attached hydrogen (secondary N) is 2. The summed E-state index contributed by atoms with van der Waals surface area (Å²) in [5, 5.41) is 13.7. The number of nitrogens with zero attached hydrogens (tertiary/aromatic N) is 3. The Morgan fingerprint density at radius 1 is 1.32 bits per heavy atom. The lowest BCUT2D eigenvalue weighted by Gasteiger charge is -2.05. The molecule has 0 spiro atoms. The molecule has 0 saturated heterocycles. The number of aromatic amines is 1. The van der Waals surface area contributed by atoms with Crippen molar-refractivity contribution < 1.29 is 4.79 Å². The van der Waals surface area contributed by atoms with Crippen molar-refractivity contribution in [2.24, 2.45) is 0 Å². The van der Waals surface area contributed by atoms with Crippen LogP contribution in [-0.4, -0.2) is 32.4 Å². The highest BCUT2D eigenvalue weighted by Crippen LogP contribution is 2.09. The van der Waals surface area contributed by atoms with Gasteiger partial charge in [-0.25, -0.2) is 4.68 Å². The van der Waals surface area contributed by atoms with Crippen molar-refractivity contribution in [3.63, 3.8) is 0 Å². The number of hydrogen-bond donors (Lipinski definition) is 2. The Bertz CT molecular complexity index is 743. The van der Waals surface area contributed by atoms with Gasteiger partial charge in [0.1, 0.15) is 5.69 Å². The van der Waals surface area contributed by atoms with Gasteiger partial charge in [0.2, 0.25) is 0 Å². The largest absolute Gasteiger partial charge is 0.350 e. The van der Waals surface area contributed by atoms with Gasteiger partial charge in [-0.3, -0.25) is 9.89 Å². The van der Waals surface area contributed by atoms with Gasteiger partial charge in [-0.2, -0.15) is 10.2 Å². The molecule has 0 aliphatic rings. The minimum Gasteiger partial charge on any atom is -0.350 e. The molecule has 6 heteroatoms. The lowest BCUT2D eigenvalue weighted by Crippen LogP contribution is -2.26. The van der Waals surface area contributed by atoms with Crippen molar-refractivity contribution in [1.29, 1.82) is 0 Å². The SMILES string of the molecule is Cc1cc(C(=O)NCCc2ccc(-n3cccn3)cc2)n[nH]1. The van der Waals surface area contributed by atoms with E-state index in [1.54, 1.807) is 12.3 Å². The third kappa shape index (κ3) is 3.22. The zero-order chi connectivity index (χ0) is 15.4. The van der Waals surface area contributed by atoms with E-state index in [0.29, 0.717) is 12.2 Å². The van der Waals surface area contributed by atoms with Crippen molar-refractivity contribution in [1.82, 2.24) is 25.3 Å². The van der Waals surface area contributed by atoms with E-state index in [0.717, 1.165) is 23.4 Å². The molecule has 22 heavy (non-hydrogen) atoms. The summed E-state index contributed by atoms with van der Waals surface area (Å²) in [6.45, 7) is 2.44. The first-order valence-electron chi connectivity index (χ1n) is 7.11. The van der Waals surface area contributed by atoms with Gasteiger partial charge in [-0.1, -0.05) is 12.1 Å². The first-order chi connectivity index (χ1) is 10.7. The molecule has 0 saturated carbocycles. The van der Waals surface area contributed by atoms with Gasteiger partial charge >= 0.3 is 0 Å². The number of aromatic nitrogens is 4. The fourth-order valence-corrected chi connectivity index (χ4v) is 2.18. The number of carbonyl (C=O) groups is 1. The van der Waals surface area contributed by atoms with Crippen LogP contribution in [0.3, 0.4) is 0 Å². The maximum atomic E-state index is 11.9. The molecule has 2 N–H and O–H groups in total. The average molecular weight is 295 g/mol. The summed E-state index contributed by atoms with van der Waals surface area (Å²) in [5.74, 6) is -0.155. The van der Waals surface area contributed by atoms with Crippen molar-refractivity contribution in [2.45, 2.75) is 13.3 Å². The average Bonchev–Trinajstić information content (AvgIpc) is 3.19. The van der Waals surface area contributed by atoms with E-state index in [2.05, 4.69) is 20.6 Å². The number of aryl methyl sites for hydroxylation is 1. The summed E-state index contributed by atoms with van der Waals surface area (Å²) in [7, 11) is 0. The number of amides is 1. The van der Waals surface area contributed by atoms with Crippen LogP contribution in [0.5, 0.6) is 0 Å². The molecule has 0 bridgehead atoms. The Morgan fingerprint density at radius 2 is 2.14 bits per heavy atom. The maximum Gasteiger partial charge on any atom is 0.271 e. The fraction of sp³-hybridized carbons (Fsp3) is 0.188. The number of H-pyrrole nitrogens is 1. The second-order valence-electron chi connectivity index (χ2n) is 5.06. The van der Waals surface area contributed by atoms with Crippen LogP contribution in [0.1, 0.15) is 21.7 Å². The van der Waals surface area contributed by atoms with E-state index in [1.165, 1.54) is 0 Å². The van der Waals surface area contributed by atoms with Crippen LogP contribution in [-0.2, 0) is 6.42 Å². The molecule has 2 heterocycles. The quantitative estimate of drug-likeness (QED) is 0.754. The van der Waals surface area contributed by atoms with Crippen LogP contribution in [0.2, 0.25) is 0 Å². The molecule has 6 nitrogen and oxygen atoms in total. The highest BCUT2D eigenvalue weighted by atomic mass is 16.1. The lowest BCUT2D eigenvalue weighted by atomic mass is 10.1. The van der Waals surface area contributed by atoms with E-state index in [1.807, 2.05) is 48.1 Å². The topological polar surface area (TPSA) is 75.6 Å². The first kappa shape index (κ1) is 14.1. The van der Waals surface area contributed by atoms with Crippen LogP contribution >= 0.6 is 0 Å². The summed E-state index contributed by atoms with van der Waals surface area (Å²) in [5.41, 5.74) is 3.48. The minimum absolute atomic E-state index is 0.155. The molecule has 112 valence electrons. The molecular weight excluding hydrogens is 278 g/mol. The van der Waals surface area contributed by atoms with E-state index in [9.17, 15) is 4.79 Å². The summed E-state index contributed by atoms with van der Waals surface area (Å²) in [6.07, 6.45) is 4.43. The number of benzene rings is 1. The van der Waals surface area contributed by atoms with Gasteiger partial charge < -0.3 is 5.32 Å². The van der Waals surface area contributed by atoms with Crippen LogP contribution in [0, 0.1) is 6.92 Å². The summed E-state index contributed by atoms with van der Waals surface area (Å²) in [6, 6.07) is 11.7. The minimum atomic E-state index is -0.155. The molecule has 0 aliphatic heterocycles. The van der Waals surface area contributed by atoms with Gasteiger partial charge in [0.05, 0.1) is 5.69 Å². The lowest BCUT2D eigenvalue weighted by molar-refractivity contribution is 0.0949. The molecule has 0 unspecified atom stereocenters. The number of carbonyl (C=O) groups excluding carboxylic acids is 1. The zero-order valence-electron chi connectivity index (χ0n) is 12.3. The molecule has 1 aromatic carbocycles. The third-order valence-electron chi connectivity index (χ3n) is 3.34. The molecule has 0 radical (unpaired) electrons. The third-order valence-corrected chi connectivity index (χ3v) is 3.34. The molecule has 2 aromatic heterocycles. The van der Waals surface area contributed by atoms with E-state index >= 15 is 0 Å². The molecule has 3 rings (SSSR count). The molecule has 3 aromatic rings. The molecule has 0 aliphatic carbocycles.